The van der Waals surface area contributed by atoms with Gasteiger partial charge in [-0.05, 0) is 30.6 Å². The maximum Gasteiger partial charge on any atom is 0.0521 e. The van der Waals surface area contributed by atoms with Crippen LogP contribution in [0.4, 0.5) is 0 Å². The predicted molar refractivity (Wildman–Crippen MR) is 55.6 cm³/mol. The van der Waals surface area contributed by atoms with Gasteiger partial charge in [-0.15, -0.1) is 0 Å². The zero-order chi connectivity index (χ0) is 10.3. The summed E-state index contributed by atoms with van der Waals surface area (Å²) in [6, 6.07) is 0. The third-order valence-corrected chi connectivity index (χ3v) is 4.60. The summed E-state index contributed by atoms with van der Waals surface area (Å²) in [7, 11) is 1.77. The van der Waals surface area contributed by atoms with Crippen molar-refractivity contribution in [3.05, 3.63) is 0 Å². The Labute approximate surface area is 81.8 Å². The number of ether oxygens (including phenoxy) is 1. The van der Waals surface area contributed by atoms with Gasteiger partial charge >= 0.3 is 0 Å². The molecular formula is C11H23NO. The van der Waals surface area contributed by atoms with Crippen molar-refractivity contribution in [1.29, 1.82) is 0 Å². The molecular weight excluding hydrogens is 162 g/mol. The lowest BCUT2D eigenvalue weighted by atomic mass is 9.64. The van der Waals surface area contributed by atoms with Crippen LogP contribution in [-0.2, 0) is 4.74 Å². The summed E-state index contributed by atoms with van der Waals surface area (Å²) in [5, 5.41) is 0. The quantitative estimate of drug-likeness (QED) is 0.715. The third-order valence-electron chi connectivity index (χ3n) is 4.60. The molecule has 0 spiro atoms. The van der Waals surface area contributed by atoms with Gasteiger partial charge in [-0.25, -0.2) is 0 Å². The maximum absolute atomic E-state index is 6.31. The highest BCUT2D eigenvalue weighted by molar-refractivity contribution is 5.09. The Kier molecular flexibility index (Phi) is 2.50. The van der Waals surface area contributed by atoms with Crippen LogP contribution in [-0.4, -0.2) is 19.3 Å². The van der Waals surface area contributed by atoms with E-state index in [1.807, 2.05) is 0 Å². The Bertz CT molecular complexity index is 198. The predicted octanol–water partition coefficient (Wildman–Crippen LogP) is 2.18. The fraction of sp³-hybridized carbons (Fsp3) is 1.00. The van der Waals surface area contributed by atoms with Crippen LogP contribution in [0.15, 0.2) is 0 Å². The molecule has 2 atom stereocenters. The van der Waals surface area contributed by atoms with E-state index in [4.69, 9.17) is 10.5 Å². The Balaban J connectivity index is 2.92. The normalized spacial score (nSPS) is 43.8. The first-order valence-electron chi connectivity index (χ1n) is 5.05. The van der Waals surface area contributed by atoms with Gasteiger partial charge in [0.15, 0.2) is 0 Å². The summed E-state index contributed by atoms with van der Waals surface area (Å²) in [6.07, 6.45) is 2.26. The minimum atomic E-state index is -0.0553. The van der Waals surface area contributed by atoms with Crippen molar-refractivity contribution >= 4 is 0 Å². The van der Waals surface area contributed by atoms with Gasteiger partial charge < -0.3 is 10.5 Å². The van der Waals surface area contributed by atoms with Crippen LogP contribution >= 0.6 is 0 Å². The second kappa shape index (κ2) is 2.96. The van der Waals surface area contributed by atoms with Crippen LogP contribution in [0.2, 0.25) is 0 Å². The summed E-state index contributed by atoms with van der Waals surface area (Å²) in [5.74, 6) is 0. The standard InChI is InChI=1S/C11H23NO/c1-9(2)10(3,8-13-5)6-7-11(9,4)12/h6-8,12H2,1-5H3/t10-,11?/m0/s1. The Morgan fingerprint density at radius 3 is 2.00 bits per heavy atom. The first-order valence-corrected chi connectivity index (χ1v) is 5.05. The van der Waals surface area contributed by atoms with Crippen molar-refractivity contribution in [3.63, 3.8) is 0 Å². The topological polar surface area (TPSA) is 35.2 Å². The summed E-state index contributed by atoms with van der Waals surface area (Å²) < 4.78 is 5.30. The molecule has 0 amide bonds. The van der Waals surface area contributed by atoms with E-state index < -0.39 is 0 Å². The van der Waals surface area contributed by atoms with Crippen LogP contribution < -0.4 is 5.73 Å². The molecule has 0 heterocycles. The molecule has 1 fully saturated rings. The van der Waals surface area contributed by atoms with Gasteiger partial charge in [0, 0.05) is 12.6 Å². The summed E-state index contributed by atoms with van der Waals surface area (Å²) >= 11 is 0. The molecule has 0 bridgehead atoms. The van der Waals surface area contributed by atoms with Crippen molar-refractivity contribution in [3.8, 4) is 0 Å². The van der Waals surface area contributed by atoms with Crippen LogP contribution in [0.25, 0.3) is 0 Å². The van der Waals surface area contributed by atoms with Gasteiger partial charge in [0.2, 0.25) is 0 Å². The van der Waals surface area contributed by atoms with E-state index in [0.717, 1.165) is 13.0 Å². The van der Waals surface area contributed by atoms with Gasteiger partial charge in [0.1, 0.15) is 0 Å². The molecule has 1 saturated carbocycles. The molecule has 0 saturated heterocycles. The van der Waals surface area contributed by atoms with Crippen LogP contribution in [0, 0.1) is 10.8 Å². The molecule has 0 aromatic rings. The molecule has 0 aromatic heterocycles. The average Bonchev–Trinajstić information content (AvgIpc) is 2.13. The minimum absolute atomic E-state index is 0.0553. The lowest BCUT2D eigenvalue weighted by Crippen LogP contribution is -2.52. The minimum Gasteiger partial charge on any atom is -0.384 e. The molecule has 0 aliphatic heterocycles. The lowest BCUT2D eigenvalue weighted by molar-refractivity contribution is -0.000422. The first-order chi connectivity index (χ1) is 5.77. The molecule has 2 N–H and O–H groups in total. The molecule has 0 aromatic carbocycles. The number of nitrogens with two attached hydrogens (primary N) is 1. The molecule has 1 aliphatic carbocycles. The van der Waals surface area contributed by atoms with E-state index in [0.29, 0.717) is 0 Å². The second-order valence-corrected chi connectivity index (χ2v) is 5.54. The monoisotopic (exact) mass is 185 g/mol. The third kappa shape index (κ3) is 1.40. The largest absolute Gasteiger partial charge is 0.384 e. The molecule has 13 heavy (non-hydrogen) atoms. The summed E-state index contributed by atoms with van der Waals surface area (Å²) in [6.45, 7) is 9.79. The van der Waals surface area contributed by atoms with Gasteiger partial charge in [-0.3, -0.25) is 0 Å². The Morgan fingerprint density at radius 2 is 1.69 bits per heavy atom. The number of methoxy groups -OCH3 is 1. The van der Waals surface area contributed by atoms with Crippen LogP contribution in [0.5, 0.6) is 0 Å². The van der Waals surface area contributed by atoms with E-state index in [1.165, 1.54) is 6.42 Å². The van der Waals surface area contributed by atoms with Crippen molar-refractivity contribution < 1.29 is 4.74 Å². The Hall–Kier alpha value is -0.0800. The number of hydrogen-bond acceptors (Lipinski definition) is 2. The second-order valence-electron chi connectivity index (χ2n) is 5.54. The number of rotatable bonds is 2. The summed E-state index contributed by atoms with van der Waals surface area (Å²) in [4.78, 5) is 0. The van der Waals surface area contributed by atoms with Gasteiger partial charge in [0.25, 0.3) is 0 Å². The highest BCUT2D eigenvalue weighted by Gasteiger charge is 2.56. The van der Waals surface area contributed by atoms with Gasteiger partial charge in [0.05, 0.1) is 6.61 Å². The van der Waals surface area contributed by atoms with E-state index in [2.05, 4.69) is 27.7 Å². The SMILES string of the molecule is COC[C@]1(C)CCC(C)(N)C1(C)C. The van der Waals surface area contributed by atoms with E-state index in [1.54, 1.807) is 7.11 Å². The number of hydrogen-bond donors (Lipinski definition) is 1. The van der Waals surface area contributed by atoms with E-state index in [-0.39, 0.29) is 16.4 Å². The van der Waals surface area contributed by atoms with Crippen molar-refractivity contribution in [2.75, 3.05) is 13.7 Å². The fourth-order valence-corrected chi connectivity index (χ4v) is 2.42. The lowest BCUT2D eigenvalue weighted by Gasteiger charge is -2.45. The highest BCUT2D eigenvalue weighted by Crippen LogP contribution is 2.56. The van der Waals surface area contributed by atoms with Crippen molar-refractivity contribution in [2.45, 2.75) is 46.1 Å². The smallest absolute Gasteiger partial charge is 0.0521 e. The van der Waals surface area contributed by atoms with Crippen LogP contribution in [0.3, 0.4) is 0 Å². The molecule has 1 aliphatic rings. The van der Waals surface area contributed by atoms with Gasteiger partial charge in [-0.1, -0.05) is 20.8 Å². The molecule has 1 unspecified atom stereocenters. The zero-order valence-corrected chi connectivity index (χ0v) is 9.61. The average molecular weight is 185 g/mol. The molecule has 2 heteroatoms. The fourth-order valence-electron chi connectivity index (χ4n) is 2.42. The molecule has 1 rings (SSSR count). The Morgan fingerprint density at radius 1 is 1.15 bits per heavy atom. The van der Waals surface area contributed by atoms with Crippen molar-refractivity contribution in [2.24, 2.45) is 16.6 Å². The van der Waals surface area contributed by atoms with E-state index >= 15 is 0 Å². The molecule has 0 radical (unpaired) electrons. The highest BCUT2D eigenvalue weighted by atomic mass is 16.5. The van der Waals surface area contributed by atoms with Gasteiger partial charge in [-0.2, -0.15) is 0 Å². The first kappa shape index (κ1) is 11.0. The summed E-state index contributed by atoms with van der Waals surface area (Å²) in [5.41, 5.74) is 6.63. The maximum atomic E-state index is 6.31. The van der Waals surface area contributed by atoms with Crippen molar-refractivity contribution in [1.82, 2.24) is 0 Å². The molecule has 2 nitrogen and oxygen atoms in total. The van der Waals surface area contributed by atoms with Crippen LogP contribution in [0.1, 0.15) is 40.5 Å². The van der Waals surface area contributed by atoms with E-state index in [9.17, 15) is 0 Å². The zero-order valence-electron chi connectivity index (χ0n) is 9.61. The molecule has 78 valence electrons.